The Bertz CT molecular complexity index is 449. The molecule has 1 fully saturated rings. The van der Waals surface area contributed by atoms with Gasteiger partial charge in [0.1, 0.15) is 11.4 Å². The zero-order chi connectivity index (χ0) is 13.2. The van der Waals surface area contributed by atoms with Crippen LogP contribution in [0.2, 0.25) is 0 Å². The van der Waals surface area contributed by atoms with Gasteiger partial charge in [-0.2, -0.15) is 0 Å². The third-order valence-electron chi connectivity index (χ3n) is 3.55. The van der Waals surface area contributed by atoms with Gasteiger partial charge in [-0.25, -0.2) is 9.18 Å². The van der Waals surface area contributed by atoms with Crippen LogP contribution < -0.4 is 5.32 Å². The van der Waals surface area contributed by atoms with Gasteiger partial charge in [-0.15, -0.1) is 0 Å². The van der Waals surface area contributed by atoms with Crippen molar-refractivity contribution >= 4 is 11.7 Å². The van der Waals surface area contributed by atoms with Crippen molar-refractivity contribution in [2.45, 2.75) is 31.7 Å². The Labute approximate surface area is 106 Å². The topological polar surface area (TPSA) is 38.3 Å². The maximum Gasteiger partial charge on any atom is 0.331 e. The summed E-state index contributed by atoms with van der Waals surface area (Å²) in [6.07, 6.45) is 2.41. The molecular formula is C14H18FNO2. The SMILES string of the molecule is COC(=O)C1(Nc2cccc(F)c2)CCC(C)C1. The molecule has 18 heavy (non-hydrogen) atoms. The average molecular weight is 251 g/mol. The zero-order valence-electron chi connectivity index (χ0n) is 10.7. The predicted octanol–water partition coefficient (Wildman–Crippen LogP) is 2.97. The number of hydrogen-bond acceptors (Lipinski definition) is 3. The second kappa shape index (κ2) is 4.96. The molecule has 0 saturated heterocycles. The van der Waals surface area contributed by atoms with E-state index in [0.717, 1.165) is 19.3 Å². The van der Waals surface area contributed by atoms with Crippen molar-refractivity contribution in [3.8, 4) is 0 Å². The van der Waals surface area contributed by atoms with E-state index in [1.54, 1.807) is 12.1 Å². The number of carbonyl (C=O) groups is 1. The van der Waals surface area contributed by atoms with Crippen molar-refractivity contribution in [2.24, 2.45) is 5.92 Å². The van der Waals surface area contributed by atoms with Gasteiger partial charge in [0.2, 0.25) is 0 Å². The van der Waals surface area contributed by atoms with E-state index in [2.05, 4.69) is 12.2 Å². The lowest BCUT2D eigenvalue weighted by atomic mass is 9.95. The van der Waals surface area contributed by atoms with Crippen LogP contribution in [-0.2, 0) is 9.53 Å². The summed E-state index contributed by atoms with van der Waals surface area (Å²) >= 11 is 0. The highest BCUT2D eigenvalue weighted by Crippen LogP contribution is 2.38. The summed E-state index contributed by atoms with van der Waals surface area (Å²) in [5, 5.41) is 3.16. The number of halogens is 1. The molecule has 0 aliphatic heterocycles. The molecule has 1 aliphatic carbocycles. The molecule has 98 valence electrons. The third kappa shape index (κ3) is 2.47. The minimum Gasteiger partial charge on any atom is -0.467 e. The highest BCUT2D eigenvalue weighted by Gasteiger charge is 2.45. The standard InChI is InChI=1S/C14H18FNO2/c1-10-6-7-14(9-10,13(17)18-2)16-12-5-3-4-11(15)8-12/h3-5,8,10,16H,6-7,9H2,1-2H3. The Morgan fingerprint density at radius 1 is 1.56 bits per heavy atom. The summed E-state index contributed by atoms with van der Waals surface area (Å²) in [5.41, 5.74) is -0.0865. The van der Waals surface area contributed by atoms with E-state index in [9.17, 15) is 9.18 Å². The Kier molecular flexibility index (Phi) is 3.55. The van der Waals surface area contributed by atoms with Gasteiger partial charge < -0.3 is 10.1 Å². The predicted molar refractivity (Wildman–Crippen MR) is 67.8 cm³/mol. The lowest BCUT2D eigenvalue weighted by Gasteiger charge is -2.28. The maximum absolute atomic E-state index is 13.2. The van der Waals surface area contributed by atoms with Gasteiger partial charge in [-0.3, -0.25) is 0 Å². The number of carbonyl (C=O) groups excluding carboxylic acids is 1. The third-order valence-corrected chi connectivity index (χ3v) is 3.55. The largest absolute Gasteiger partial charge is 0.467 e. The minimum absolute atomic E-state index is 0.267. The molecular weight excluding hydrogens is 233 g/mol. The van der Waals surface area contributed by atoms with Gasteiger partial charge in [0.25, 0.3) is 0 Å². The van der Waals surface area contributed by atoms with Gasteiger partial charge in [-0.1, -0.05) is 13.0 Å². The molecule has 2 atom stereocenters. The fraction of sp³-hybridized carbons (Fsp3) is 0.500. The number of anilines is 1. The number of ether oxygens (including phenoxy) is 1. The molecule has 0 amide bonds. The van der Waals surface area contributed by atoms with Crippen LogP contribution in [0.3, 0.4) is 0 Å². The van der Waals surface area contributed by atoms with E-state index >= 15 is 0 Å². The molecule has 1 N–H and O–H groups in total. The van der Waals surface area contributed by atoms with Crippen LogP contribution in [0.25, 0.3) is 0 Å². The number of benzene rings is 1. The van der Waals surface area contributed by atoms with Crippen molar-refractivity contribution < 1.29 is 13.9 Å². The first-order valence-electron chi connectivity index (χ1n) is 6.18. The first kappa shape index (κ1) is 12.9. The second-order valence-corrected chi connectivity index (χ2v) is 5.06. The molecule has 1 saturated carbocycles. The van der Waals surface area contributed by atoms with E-state index in [-0.39, 0.29) is 11.8 Å². The van der Waals surface area contributed by atoms with Crippen molar-refractivity contribution in [1.82, 2.24) is 0 Å². The van der Waals surface area contributed by atoms with E-state index in [0.29, 0.717) is 11.6 Å². The Morgan fingerprint density at radius 3 is 2.89 bits per heavy atom. The minimum atomic E-state index is -0.706. The summed E-state index contributed by atoms with van der Waals surface area (Å²) in [6.45, 7) is 2.11. The van der Waals surface area contributed by atoms with E-state index in [4.69, 9.17) is 4.74 Å². The monoisotopic (exact) mass is 251 g/mol. The van der Waals surface area contributed by atoms with Gasteiger partial charge in [-0.05, 0) is 43.4 Å². The van der Waals surface area contributed by atoms with Crippen LogP contribution in [-0.4, -0.2) is 18.6 Å². The van der Waals surface area contributed by atoms with Gasteiger partial charge in [0.05, 0.1) is 7.11 Å². The lowest BCUT2D eigenvalue weighted by Crippen LogP contribution is -2.45. The zero-order valence-corrected chi connectivity index (χ0v) is 10.7. The number of hydrogen-bond donors (Lipinski definition) is 1. The molecule has 1 aliphatic rings. The quantitative estimate of drug-likeness (QED) is 0.839. The fourth-order valence-electron chi connectivity index (χ4n) is 2.68. The van der Waals surface area contributed by atoms with E-state index in [1.165, 1.54) is 19.2 Å². The van der Waals surface area contributed by atoms with Crippen LogP contribution in [0.5, 0.6) is 0 Å². The average Bonchev–Trinajstić information content (AvgIpc) is 2.71. The lowest BCUT2D eigenvalue weighted by molar-refractivity contribution is -0.145. The summed E-state index contributed by atoms with van der Waals surface area (Å²) < 4.78 is 18.1. The summed E-state index contributed by atoms with van der Waals surface area (Å²) in [5.74, 6) is -0.118. The molecule has 2 unspecified atom stereocenters. The molecule has 2 rings (SSSR count). The molecule has 1 aromatic carbocycles. The van der Waals surface area contributed by atoms with Crippen molar-refractivity contribution in [3.63, 3.8) is 0 Å². The normalized spacial score (nSPS) is 26.9. The number of nitrogens with one attached hydrogen (secondary N) is 1. The Morgan fingerprint density at radius 2 is 2.33 bits per heavy atom. The molecule has 0 spiro atoms. The van der Waals surface area contributed by atoms with E-state index in [1.807, 2.05) is 0 Å². The van der Waals surface area contributed by atoms with Gasteiger partial charge >= 0.3 is 5.97 Å². The number of rotatable bonds is 3. The Balaban J connectivity index is 2.23. The van der Waals surface area contributed by atoms with Crippen LogP contribution >= 0.6 is 0 Å². The molecule has 0 aromatic heterocycles. The summed E-state index contributed by atoms with van der Waals surface area (Å²) in [7, 11) is 1.39. The van der Waals surface area contributed by atoms with Crippen LogP contribution in [0.15, 0.2) is 24.3 Å². The molecule has 3 nitrogen and oxygen atoms in total. The maximum atomic E-state index is 13.2. The van der Waals surface area contributed by atoms with Crippen molar-refractivity contribution in [3.05, 3.63) is 30.1 Å². The van der Waals surface area contributed by atoms with Crippen molar-refractivity contribution in [1.29, 1.82) is 0 Å². The van der Waals surface area contributed by atoms with E-state index < -0.39 is 5.54 Å². The van der Waals surface area contributed by atoms with Gasteiger partial charge in [0, 0.05) is 5.69 Å². The summed E-state index contributed by atoms with van der Waals surface area (Å²) in [6, 6.07) is 6.17. The smallest absolute Gasteiger partial charge is 0.331 e. The first-order valence-corrected chi connectivity index (χ1v) is 6.18. The highest BCUT2D eigenvalue weighted by molar-refractivity contribution is 5.85. The van der Waals surface area contributed by atoms with Crippen LogP contribution in [0.1, 0.15) is 26.2 Å². The number of methoxy groups -OCH3 is 1. The second-order valence-electron chi connectivity index (χ2n) is 5.06. The highest BCUT2D eigenvalue weighted by atomic mass is 19.1. The molecule has 0 bridgehead atoms. The van der Waals surface area contributed by atoms with Crippen LogP contribution in [0.4, 0.5) is 10.1 Å². The molecule has 1 aromatic rings. The molecule has 0 radical (unpaired) electrons. The Hall–Kier alpha value is -1.58. The van der Waals surface area contributed by atoms with Crippen molar-refractivity contribution in [2.75, 3.05) is 12.4 Å². The molecule has 4 heteroatoms. The van der Waals surface area contributed by atoms with Gasteiger partial charge in [0.15, 0.2) is 0 Å². The van der Waals surface area contributed by atoms with Crippen LogP contribution in [0, 0.1) is 11.7 Å². The number of esters is 1. The summed E-state index contributed by atoms with van der Waals surface area (Å²) in [4.78, 5) is 12.0. The first-order chi connectivity index (χ1) is 8.55. The fourth-order valence-corrected chi connectivity index (χ4v) is 2.68. The molecule has 0 heterocycles.